The van der Waals surface area contributed by atoms with Gasteiger partial charge in [-0.25, -0.2) is 0 Å². The van der Waals surface area contributed by atoms with Crippen molar-refractivity contribution in [2.24, 2.45) is 0 Å². The molecule has 2 aromatic rings. The van der Waals surface area contributed by atoms with Crippen LogP contribution in [0.25, 0.3) is 0 Å². The number of para-hydroxylation sites is 1. The first-order chi connectivity index (χ1) is 16.3. The molecule has 0 saturated carbocycles. The number of methoxy groups -OCH3 is 1. The van der Waals surface area contributed by atoms with Crippen molar-refractivity contribution < 1.29 is 37.0 Å². The Hall–Kier alpha value is -3.11. The van der Waals surface area contributed by atoms with Gasteiger partial charge < -0.3 is 24.0 Å². The summed E-state index contributed by atoms with van der Waals surface area (Å²) in [7, 11) is 1.49. The molecule has 2 aromatic carbocycles. The van der Waals surface area contributed by atoms with E-state index in [0.29, 0.717) is 18.9 Å². The van der Waals surface area contributed by atoms with Crippen LogP contribution in [0.15, 0.2) is 54.6 Å². The lowest BCUT2D eigenvalue weighted by Crippen LogP contribution is -2.52. The molecule has 2 amide bonds. The van der Waals surface area contributed by atoms with E-state index in [0.717, 1.165) is 24.3 Å². The Morgan fingerprint density at radius 1 is 1.12 bits per heavy atom. The van der Waals surface area contributed by atoms with Gasteiger partial charge in [0.05, 0.1) is 24.9 Å². The molecular formula is C24H27F3N2O5. The lowest BCUT2D eigenvalue weighted by Gasteiger charge is -2.35. The van der Waals surface area contributed by atoms with Crippen molar-refractivity contribution in [1.82, 2.24) is 9.80 Å². The number of halogens is 3. The highest BCUT2D eigenvalue weighted by Crippen LogP contribution is 2.29. The first kappa shape index (κ1) is 25.5. The summed E-state index contributed by atoms with van der Waals surface area (Å²) in [6, 6.07) is 13.1. The molecule has 3 rings (SSSR count). The Balaban J connectivity index is 1.61. The van der Waals surface area contributed by atoms with Crippen molar-refractivity contribution >= 4 is 11.8 Å². The number of morpholine rings is 1. The normalized spacial score (nSPS) is 16.2. The smallest absolute Gasteiger partial charge is 0.416 e. The second kappa shape index (κ2) is 11.8. The molecule has 0 aliphatic carbocycles. The third kappa shape index (κ3) is 7.19. The van der Waals surface area contributed by atoms with Gasteiger partial charge in [0.2, 0.25) is 0 Å². The van der Waals surface area contributed by atoms with E-state index >= 15 is 0 Å². The summed E-state index contributed by atoms with van der Waals surface area (Å²) in [6.07, 6.45) is -4.93. The quantitative estimate of drug-likeness (QED) is 0.552. The molecule has 0 spiro atoms. The fourth-order valence-corrected chi connectivity index (χ4v) is 3.52. The van der Waals surface area contributed by atoms with Crippen molar-refractivity contribution in [3.8, 4) is 5.75 Å². The average Bonchev–Trinajstić information content (AvgIpc) is 2.85. The standard InChI is InChI=1S/C24H27F3N2O5/c1-32-13-11-29(23(31)18-7-9-19(10-8-18)24(25,26)27)16-21-15-28(12-14-33-21)22(30)17-34-20-5-3-2-4-6-20/h2-10,21H,11-17H2,1H3. The zero-order chi connectivity index (χ0) is 24.6. The van der Waals surface area contributed by atoms with Crippen molar-refractivity contribution in [2.75, 3.05) is 53.1 Å². The Morgan fingerprint density at radius 2 is 1.82 bits per heavy atom. The zero-order valence-electron chi connectivity index (χ0n) is 18.8. The van der Waals surface area contributed by atoms with E-state index < -0.39 is 23.8 Å². The Kier molecular flexibility index (Phi) is 8.89. The minimum absolute atomic E-state index is 0.116. The summed E-state index contributed by atoms with van der Waals surface area (Å²) in [4.78, 5) is 28.7. The fourth-order valence-electron chi connectivity index (χ4n) is 3.52. The van der Waals surface area contributed by atoms with Crippen molar-refractivity contribution in [1.29, 1.82) is 0 Å². The molecule has 0 aromatic heterocycles. The van der Waals surface area contributed by atoms with E-state index in [4.69, 9.17) is 14.2 Å². The Morgan fingerprint density at radius 3 is 2.47 bits per heavy atom. The molecule has 1 saturated heterocycles. The van der Waals surface area contributed by atoms with E-state index in [1.807, 2.05) is 18.2 Å². The number of amides is 2. The van der Waals surface area contributed by atoms with E-state index in [2.05, 4.69) is 0 Å². The topological polar surface area (TPSA) is 68.3 Å². The number of ether oxygens (including phenoxy) is 3. The number of carbonyl (C=O) groups excluding carboxylic acids is 2. The van der Waals surface area contributed by atoms with Crippen molar-refractivity contribution in [2.45, 2.75) is 12.3 Å². The van der Waals surface area contributed by atoms with Gasteiger partial charge in [-0.3, -0.25) is 9.59 Å². The van der Waals surface area contributed by atoms with Gasteiger partial charge in [-0.05, 0) is 36.4 Å². The van der Waals surface area contributed by atoms with Crippen LogP contribution >= 0.6 is 0 Å². The molecule has 184 valence electrons. The highest BCUT2D eigenvalue weighted by Gasteiger charge is 2.31. The Labute approximate surface area is 196 Å². The van der Waals surface area contributed by atoms with Gasteiger partial charge in [0, 0.05) is 38.9 Å². The van der Waals surface area contributed by atoms with Gasteiger partial charge in [-0.15, -0.1) is 0 Å². The van der Waals surface area contributed by atoms with Crippen LogP contribution in [-0.4, -0.2) is 80.8 Å². The third-order valence-corrected chi connectivity index (χ3v) is 5.33. The molecule has 0 radical (unpaired) electrons. The lowest BCUT2D eigenvalue weighted by molar-refractivity contribution is -0.141. The molecule has 1 aliphatic heterocycles. The van der Waals surface area contributed by atoms with Gasteiger partial charge in [0.15, 0.2) is 6.61 Å². The van der Waals surface area contributed by atoms with E-state index in [-0.39, 0.29) is 44.3 Å². The number of hydrogen-bond acceptors (Lipinski definition) is 5. The molecule has 0 bridgehead atoms. The monoisotopic (exact) mass is 480 g/mol. The van der Waals surface area contributed by atoms with Crippen LogP contribution in [0.2, 0.25) is 0 Å². The number of benzene rings is 2. The molecule has 1 fully saturated rings. The molecule has 1 unspecified atom stereocenters. The molecule has 34 heavy (non-hydrogen) atoms. The molecular weight excluding hydrogens is 453 g/mol. The van der Waals surface area contributed by atoms with Crippen LogP contribution in [0.4, 0.5) is 13.2 Å². The largest absolute Gasteiger partial charge is 0.484 e. The van der Waals surface area contributed by atoms with Crippen LogP contribution in [0.5, 0.6) is 5.75 Å². The predicted octanol–water partition coefficient (Wildman–Crippen LogP) is 3.10. The summed E-state index contributed by atoms with van der Waals surface area (Å²) < 4.78 is 54.9. The maximum Gasteiger partial charge on any atom is 0.416 e. The predicted molar refractivity (Wildman–Crippen MR) is 117 cm³/mol. The van der Waals surface area contributed by atoms with E-state index in [9.17, 15) is 22.8 Å². The van der Waals surface area contributed by atoms with Gasteiger partial charge in [-0.1, -0.05) is 18.2 Å². The summed E-state index contributed by atoms with van der Waals surface area (Å²) >= 11 is 0. The van der Waals surface area contributed by atoms with Crippen LogP contribution in [0.3, 0.4) is 0 Å². The third-order valence-electron chi connectivity index (χ3n) is 5.33. The first-order valence-electron chi connectivity index (χ1n) is 10.8. The number of carbonyl (C=O) groups is 2. The molecule has 1 aliphatic rings. The van der Waals surface area contributed by atoms with Gasteiger partial charge in [0.1, 0.15) is 5.75 Å². The fraction of sp³-hybridized carbons (Fsp3) is 0.417. The highest BCUT2D eigenvalue weighted by molar-refractivity contribution is 5.94. The average molecular weight is 480 g/mol. The zero-order valence-corrected chi connectivity index (χ0v) is 18.8. The number of hydrogen-bond donors (Lipinski definition) is 0. The van der Waals surface area contributed by atoms with E-state index in [1.54, 1.807) is 17.0 Å². The molecule has 0 N–H and O–H groups in total. The summed E-state index contributed by atoms with van der Waals surface area (Å²) in [5.74, 6) is -0.0477. The highest BCUT2D eigenvalue weighted by atomic mass is 19.4. The SMILES string of the molecule is COCCN(CC1CN(C(=O)COc2ccccc2)CCO1)C(=O)c1ccc(C(F)(F)F)cc1. The summed E-state index contributed by atoms with van der Waals surface area (Å²) in [5, 5.41) is 0. The van der Waals surface area contributed by atoms with Crippen LogP contribution < -0.4 is 4.74 Å². The lowest BCUT2D eigenvalue weighted by atomic mass is 10.1. The van der Waals surface area contributed by atoms with Gasteiger partial charge in [-0.2, -0.15) is 13.2 Å². The summed E-state index contributed by atoms with van der Waals surface area (Å²) in [6.45, 7) is 1.47. The Bertz CT molecular complexity index is 938. The van der Waals surface area contributed by atoms with Gasteiger partial charge >= 0.3 is 6.18 Å². The first-order valence-corrected chi connectivity index (χ1v) is 10.8. The molecule has 1 atom stereocenters. The molecule has 1 heterocycles. The van der Waals surface area contributed by atoms with Crippen LogP contribution in [-0.2, 0) is 20.4 Å². The van der Waals surface area contributed by atoms with Crippen molar-refractivity contribution in [3.63, 3.8) is 0 Å². The maximum absolute atomic E-state index is 13.0. The van der Waals surface area contributed by atoms with Crippen LogP contribution in [0, 0.1) is 0 Å². The maximum atomic E-state index is 13.0. The molecule has 7 nitrogen and oxygen atoms in total. The minimum atomic E-state index is -4.48. The number of nitrogens with zero attached hydrogens (tertiary/aromatic N) is 2. The summed E-state index contributed by atoms with van der Waals surface area (Å²) in [5.41, 5.74) is -0.695. The second-order valence-electron chi connectivity index (χ2n) is 7.75. The van der Waals surface area contributed by atoms with Crippen LogP contribution in [0.1, 0.15) is 15.9 Å². The van der Waals surface area contributed by atoms with E-state index in [1.165, 1.54) is 12.0 Å². The van der Waals surface area contributed by atoms with Crippen molar-refractivity contribution in [3.05, 3.63) is 65.7 Å². The second-order valence-corrected chi connectivity index (χ2v) is 7.75. The van der Waals surface area contributed by atoms with Gasteiger partial charge in [0.25, 0.3) is 11.8 Å². The number of rotatable bonds is 9. The minimum Gasteiger partial charge on any atom is -0.484 e. The number of alkyl halides is 3. The molecule has 10 heteroatoms.